The third-order valence-corrected chi connectivity index (χ3v) is 5.89. The Labute approximate surface area is 146 Å². The molecule has 2 unspecified atom stereocenters. The van der Waals surface area contributed by atoms with Crippen LogP contribution in [0.4, 0.5) is 0 Å². The van der Waals surface area contributed by atoms with Crippen LogP contribution >= 0.6 is 11.3 Å². The normalized spacial score (nSPS) is 15.3. The van der Waals surface area contributed by atoms with E-state index >= 15 is 0 Å². The molecule has 0 amide bonds. The molecule has 1 aliphatic rings. The predicted octanol–water partition coefficient (Wildman–Crippen LogP) is 2.95. The van der Waals surface area contributed by atoms with Gasteiger partial charge in [0.25, 0.3) is 0 Å². The van der Waals surface area contributed by atoms with Gasteiger partial charge in [0.1, 0.15) is 0 Å². The van der Waals surface area contributed by atoms with Crippen LogP contribution in [0.5, 0.6) is 11.5 Å². The summed E-state index contributed by atoms with van der Waals surface area (Å²) in [5.74, 6) is 0.832. The van der Waals surface area contributed by atoms with Crippen molar-refractivity contribution in [1.29, 1.82) is 0 Å². The third-order valence-electron chi connectivity index (χ3n) is 3.81. The molecule has 2 heterocycles. The highest BCUT2D eigenvalue weighted by Crippen LogP contribution is 2.38. The lowest BCUT2D eigenvalue weighted by Gasteiger charge is -2.14. The number of Topliss-reactive ketones (excluding diaryl/α,β-unsaturated/α-hetero) is 1. The van der Waals surface area contributed by atoms with Gasteiger partial charge in [0.15, 0.2) is 17.3 Å². The van der Waals surface area contributed by atoms with Crippen LogP contribution in [0.25, 0.3) is 0 Å². The number of rotatable bonds is 6. The Kier molecular flexibility index (Phi) is 5.00. The number of fused-ring (bicyclic) bond motifs is 1. The van der Waals surface area contributed by atoms with Crippen molar-refractivity contribution in [3.63, 3.8) is 0 Å². The van der Waals surface area contributed by atoms with Crippen molar-refractivity contribution in [3.05, 3.63) is 39.6 Å². The molecule has 2 atom stereocenters. The number of hydrogen-bond donors (Lipinski definition) is 1. The van der Waals surface area contributed by atoms with E-state index in [1.807, 2.05) is 26.0 Å². The number of nitrogens with one attached hydrogen (secondary N) is 1. The molecule has 128 valence electrons. The first kappa shape index (κ1) is 17.1. The number of ketones is 1. The van der Waals surface area contributed by atoms with E-state index < -0.39 is 17.0 Å². The van der Waals surface area contributed by atoms with Crippen LogP contribution in [0.2, 0.25) is 0 Å². The summed E-state index contributed by atoms with van der Waals surface area (Å²) in [6, 6.07) is 5.36. The maximum absolute atomic E-state index is 12.9. The third kappa shape index (κ3) is 3.10. The van der Waals surface area contributed by atoms with Gasteiger partial charge in [0, 0.05) is 13.0 Å². The number of thiophene rings is 1. The second-order valence-electron chi connectivity index (χ2n) is 5.28. The van der Waals surface area contributed by atoms with E-state index in [0.29, 0.717) is 21.3 Å². The summed E-state index contributed by atoms with van der Waals surface area (Å²) in [4.78, 5) is 13.7. The molecule has 1 aromatic carbocycles. The largest absolute Gasteiger partial charge is 0.454 e. The number of carbonyl (C=O) groups excluding carboxylic acids is 1. The van der Waals surface area contributed by atoms with Gasteiger partial charge < -0.3 is 9.47 Å². The van der Waals surface area contributed by atoms with E-state index in [1.54, 1.807) is 11.4 Å². The molecule has 0 saturated carbocycles. The molecule has 2 aromatic rings. The molecule has 0 fully saturated rings. The molecule has 3 rings (SSSR count). The van der Waals surface area contributed by atoms with E-state index in [0.717, 1.165) is 11.1 Å². The lowest BCUT2D eigenvalue weighted by molar-refractivity contribution is 0.0966. The molecular weight excluding hydrogens is 350 g/mol. The maximum atomic E-state index is 12.9. The SMILES string of the molecule is CNOS(=O)c1ccsc1C(=O)C(C)c1cc2c(cc1C)OCO2. The molecule has 1 N–H and O–H groups in total. The van der Waals surface area contributed by atoms with Gasteiger partial charge >= 0.3 is 0 Å². The fourth-order valence-corrected chi connectivity index (χ4v) is 4.52. The number of benzene rings is 1. The molecule has 1 aliphatic heterocycles. The van der Waals surface area contributed by atoms with Crippen LogP contribution in [-0.2, 0) is 15.4 Å². The Hall–Kier alpha value is -1.74. The second-order valence-corrected chi connectivity index (χ2v) is 7.28. The van der Waals surface area contributed by atoms with Gasteiger partial charge in [0.2, 0.25) is 17.9 Å². The van der Waals surface area contributed by atoms with Gasteiger partial charge in [-0.3, -0.25) is 4.79 Å². The average Bonchev–Trinajstić information content (AvgIpc) is 3.21. The number of hydroxylamine groups is 1. The van der Waals surface area contributed by atoms with Crippen LogP contribution in [0, 0.1) is 6.92 Å². The van der Waals surface area contributed by atoms with Crippen LogP contribution in [0.15, 0.2) is 28.5 Å². The number of aryl methyl sites for hydroxylation is 1. The lowest BCUT2D eigenvalue weighted by atomic mass is 9.91. The molecule has 0 spiro atoms. The zero-order chi connectivity index (χ0) is 17.3. The molecule has 8 heteroatoms. The Balaban J connectivity index is 1.91. The molecule has 6 nitrogen and oxygen atoms in total. The fraction of sp³-hybridized carbons (Fsp3) is 0.312. The van der Waals surface area contributed by atoms with E-state index in [1.165, 1.54) is 18.4 Å². The minimum Gasteiger partial charge on any atom is -0.454 e. The van der Waals surface area contributed by atoms with Crippen LogP contribution in [0.3, 0.4) is 0 Å². The zero-order valence-corrected chi connectivity index (χ0v) is 15.1. The highest BCUT2D eigenvalue weighted by atomic mass is 32.2. The van der Waals surface area contributed by atoms with E-state index in [2.05, 4.69) is 5.48 Å². The summed E-state index contributed by atoms with van der Waals surface area (Å²) in [7, 11) is 1.52. The van der Waals surface area contributed by atoms with E-state index in [9.17, 15) is 9.00 Å². The van der Waals surface area contributed by atoms with Crippen molar-refractivity contribution in [2.24, 2.45) is 0 Å². The summed E-state index contributed by atoms with van der Waals surface area (Å²) >= 11 is -0.469. The van der Waals surface area contributed by atoms with Gasteiger partial charge in [-0.1, -0.05) is 6.92 Å². The second kappa shape index (κ2) is 7.02. The standard InChI is InChI=1S/C16H17NO5S2/c1-9-6-12-13(21-8-20-12)7-11(9)10(2)15(18)16-14(4-5-23-16)24(19)22-17-3/h4-7,10,17H,8H2,1-3H3. The molecule has 0 saturated heterocycles. The highest BCUT2D eigenvalue weighted by molar-refractivity contribution is 7.80. The smallest absolute Gasteiger partial charge is 0.231 e. The summed E-state index contributed by atoms with van der Waals surface area (Å²) in [6.45, 7) is 3.95. The van der Waals surface area contributed by atoms with Crippen molar-refractivity contribution in [3.8, 4) is 11.5 Å². The molecule has 0 aliphatic carbocycles. The molecule has 24 heavy (non-hydrogen) atoms. The quantitative estimate of drug-likeness (QED) is 0.625. The Morgan fingerprint density at radius 2 is 2.08 bits per heavy atom. The van der Waals surface area contributed by atoms with Gasteiger partial charge in [-0.15, -0.1) is 11.3 Å². The Morgan fingerprint density at radius 1 is 1.38 bits per heavy atom. The highest BCUT2D eigenvalue weighted by Gasteiger charge is 2.27. The van der Waals surface area contributed by atoms with Crippen LogP contribution < -0.4 is 15.0 Å². The zero-order valence-electron chi connectivity index (χ0n) is 13.5. The fourth-order valence-electron chi connectivity index (χ4n) is 2.59. The summed E-state index contributed by atoms with van der Waals surface area (Å²) in [6.07, 6.45) is 0. The van der Waals surface area contributed by atoms with Crippen LogP contribution in [-0.4, -0.2) is 23.8 Å². The molecule has 0 radical (unpaired) electrons. The summed E-state index contributed by atoms with van der Waals surface area (Å²) in [5, 5.41) is 1.73. The molecular formula is C16H17NO5S2. The predicted molar refractivity (Wildman–Crippen MR) is 90.9 cm³/mol. The first-order valence-electron chi connectivity index (χ1n) is 7.30. The Bertz CT molecular complexity index is 802. The maximum Gasteiger partial charge on any atom is 0.231 e. The van der Waals surface area contributed by atoms with E-state index in [-0.39, 0.29) is 12.6 Å². The number of ether oxygens (including phenoxy) is 2. The van der Waals surface area contributed by atoms with Gasteiger partial charge in [0.05, 0.1) is 9.77 Å². The van der Waals surface area contributed by atoms with Crippen molar-refractivity contribution in [2.75, 3.05) is 13.8 Å². The van der Waals surface area contributed by atoms with Crippen molar-refractivity contribution in [1.82, 2.24) is 5.48 Å². The summed E-state index contributed by atoms with van der Waals surface area (Å²) in [5.41, 5.74) is 4.20. The van der Waals surface area contributed by atoms with E-state index in [4.69, 9.17) is 13.8 Å². The number of carbonyl (C=O) groups is 1. The average molecular weight is 367 g/mol. The molecule has 1 aromatic heterocycles. The van der Waals surface area contributed by atoms with Crippen molar-refractivity contribution in [2.45, 2.75) is 24.7 Å². The number of hydrogen-bond acceptors (Lipinski definition) is 7. The Morgan fingerprint density at radius 3 is 2.79 bits per heavy atom. The first-order chi connectivity index (χ1) is 11.5. The van der Waals surface area contributed by atoms with Gasteiger partial charge in [-0.2, -0.15) is 9.76 Å². The van der Waals surface area contributed by atoms with Gasteiger partial charge in [-0.05, 0) is 41.6 Å². The minimum atomic E-state index is -1.73. The first-order valence-corrected chi connectivity index (χ1v) is 9.26. The lowest BCUT2D eigenvalue weighted by Crippen LogP contribution is -2.15. The van der Waals surface area contributed by atoms with Crippen molar-refractivity contribution >= 4 is 28.2 Å². The van der Waals surface area contributed by atoms with Crippen molar-refractivity contribution < 1.29 is 22.8 Å². The van der Waals surface area contributed by atoms with Gasteiger partial charge in [-0.25, -0.2) is 4.21 Å². The topological polar surface area (TPSA) is 73.9 Å². The minimum absolute atomic E-state index is 0.102. The summed E-state index contributed by atoms with van der Waals surface area (Å²) < 4.78 is 27.7. The van der Waals surface area contributed by atoms with Crippen LogP contribution in [0.1, 0.15) is 33.6 Å². The molecule has 0 bridgehead atoms. The monoisotopic (exact) mass is 367 g/mol.